The van der Waals surface area contributed by atoms with Crippen molar-refractivity contribution in [3.63, 3.8) is 0 Å². The molecule has 1 saturated carbocycles. The minimum Gasteiger partial charge on any atom is -0.308 e. The minimum absolute atomic E-state index is 0.462. The van der Waals surface area contributed by atoms with Crippen LogP contribution in [0.25, 0.3) is 11.5 Å². The molecule has 0 aliphatic heterocycles. The summed E-state index contributed by atoms with van der Waals surface area (Å²) >= 11 is 12.0. The first-order valence-corrected chi connectivity index (χ1v) is 7.27. The van der Waals surface area contributed by atoms with Crippen molar-refractivity contribution in [2.75, 3.05) is 0 Å². The molecule has 20 heavy (non-hydrogen) atoms. The largest absolute Gasteiger partial charge is 0.308 e. The second-order valence-corrected chi connectivity index (χ2v) is 5.81. The van der Waals surface area contributed by atoms with Gasteiger partial charge in [-0.3, -0.25) is 0 Å². The summed E-state index contributed by atoms with van der Waals surface area (Å²) in [5.41, 5.74) is 2.41. The van der Waals surface area contributed by atoms with E-state index in [-0.39, 0.29) is 0 Å². The molecule has 4 nitrogen and oxygen atoms in total. The number of aromatic nitrogens is 3. The van der Waals surface area contributed by atoms with Gasteiger partial charge in [0.2, 0.25) is 0 Å². The lowest BCUT2D eigenvalue weighted by Crippen LogP contribution is -2.17. The Bertz CT molecular complexity index is 641. The Morgan fingerprint density at radius 2 is 2.05 bits per heavy atom. The third kappa shape index (κ3) is 3.26. The smallest absolute Gasteiger partial charge is 0.180 e. The standard InChI is InChI=1S/C14H14Cl2N4/c1-8-4-11(7-17-10-2-3-10)20-14(19-8)13-12(16)5-9(15)6-18-13/h4-6,10,17H,2-3,7H2,1H3. The maximum Gasteiger partial charge on any atom is 0.180 e. The van der Waals surface area contributed by atoms with Crippen LogP contribution in [-0.2, 0) is 6.54 Å². The number of nitrogens with zero attached hydrogens (tertiary/aromatic N) is 3. The Labute approximate surface area is 127 Å². The Morgan fingerprint density at radius 3 is 2.75 bits per heavy atom. The van der Waals surface area contributed by atoms with Crippen molar-refractivity contribution in [3.05, 3.63) is 39.8 Å². The molecule has 3 rings (SSSR count). The molecule has 0 amide bonds. The fourth-order valence-corrected chi connectivity index (χ4v) is 2.41. The predicted octanol–water partition coefficient (Wildman–Crippen LogP) is 3.41. The molecular weight excluding hydrogens is 295 g/mol. The Hall–Kier alpha value is -1.23. The van der Waals surface area contributed by atoms with E-state index in [2.05, 4.69) is 20.3 Å². The first-order chi connectivity index (χ1) is 9.61. The monoisotopic (exact) mass is 308 g/mol. The van der Waals surface area contributed by atoms with Gasteiger partial charge in [0.1, 0.15) is 5.69 Å². The Morgan fingerprint density at radius 1 is 1.25 bits per heavy atom. The lowest BCUT2D eigenvalue weighted by atomic mass is 10.3. The van der Waals surface area contributed by atoms with Gasteiger partial charge in [-0.15, -0.1) is 0 Å². The lowest BCUT2D eigenvalue weighted by Gasteiger charge is -2.07. The van der Waals surface area contributed by atoms with Gasteiger partial charge in [-0.25, -0.2) is 15.0 Å². The van der Waals surface area contributed by atoms with Gasteiger partial charge in [0.15, 0.2) is 5.82 Å². The summed E-state index contributed by atoms with van der Waals surface area (Å²) in [4.78, 5) is 13.2. The van der Waals surface area contributed by atoms with E-state index in [1.54, 1.807) is 12.3 Å². The lowest BCUT2D eigenvalue weighted by molar-refractivity contribution is 0.672. The zero-order chi connectivity index (χ0) is 14.1. The molecule has 1 aliphatic carbocycles. The van der Waals surface area contributed by atoms with E-state index < -0.39 is 0 Å². The average Bonchev–Trinajstić information content (AvgIpc) is 3.19. The molecule has 0 saturated heterocycles. The highest BCUT2D eigenvalue weighted by molar-refractivity contribution is 6.35. The van der Waals surface area contributed by atoms with Crippen molar-refractivity contribution in [2.24, 2.45) is 0 Å². The van der Waals surface area contributed by atoms with Crippen molar-refractivity contribution in [2.45, 2.75) is 32.4 Å². The van der Waals surface area contributed by atoms with Crippen LogP contribution in [-0.4, -0.2) is 21.0 Å². The van der Waals surface area contributed by atoms with Crippen LogP contribution >= 0.6 is 23.2 Å². The molecule has 0 radical (unpaired) electrons. The van der Waals surface area contributed by atoms with Gasteiger partial charge in [0, 0.05) is 24.5 Å². The van der Waals surface area contributed by atoms with Crippen LogP contribution in [0.1, 0.15) is 24.2 Å². The molecule has 104 valence electrons. The van der Waals surface area contributed by atoms with E-state index in [4.69, 9.17) is 23.2 Å². The zero-order valence-electron chi connectivity index (χ0n) is 11.0. The molecular formula is C14H14Cl2N4. The van der Waals surface area contributed by atoms with Gasteiger partial charge in [0.05, 0.1) is 15.7 Å². The Balaban J connectivity index is 1.91. The van der Waals surface area contributed by atoms with Crippen molar-refractivity contribution in [1.29, 1.82) is 0 Å². The topological polar surface area (TPSA) is 50.7 Å². The fraction of sp³-hybridized carbons (Fsp3) is 0.357. The van der Waals surface area contributed by atoms with Crippen molar-refractivity contribution < 1.29 is 0 Å². The second kappa shape index (κ2) is 5.64. The maximum absolute atomic E-state index is 6.16. The molecule has 0 unspecified atom stereocenters. The van der Waals surface area contributed by atoms with E-state index in [0.29, 0.717) is 27.6 Å². The fourth-order valence-electron chi connectivity index (χ4n) is 1.95. The zero-order valence-corrected chi connectivity index (χ0v) is 12.5. The molecule has 2 aromatic heterocycles. The number of rotatable bonds is 4. The minimum atomic E-state index is 0.462. The third-order valence-electron chi connectivity index (χ3n) is 3.08. The molecule has 1 aliphatic rings. The number of pyridine rings is 1. The van der Waals surface area contributed by atoms with Crippen LogP contribution in [0.4, 0.5) is 0 Å². The third-order valence-corrected chi connectivity index (χ3v) is 3.57. The molecule has 0 spiro atoms. The normalized spacial score (nSPS) is 14.6. The molecule has 0 aromatic carbocycles. The van der Waals surface area contributed by atoms with E-state index in [1.807, 2.05) is 13.0 Å². The summed E-state index contributed by atoms with van der Waals surface area (Å²) in [6.07, 6.45) is 4.06. The summed E-state index contributed by atoms with van der Waals surface area (Å²) in [5.74, 6) is 0.541. The first-order valence-electron chi connectivity index (χ1n) is 6.51. The van der Waals surface area contributed by atoms with Gasteiger partial charge >= 0.3 is 0 Å². The summed E-state index contributed by atoms with van der Waals surface area (Å²) in [7, 11) is 0. The van der Waals surface area contributed by atoms with E-state index in [1.165, 1.54) is 12.8 Å². The van der Waals surface area contributed by atoms with E-state index in [0.717, 1.165) is 17.9 Å². The van der Waals surface area contributed by atoms with Crippen LogP contribution < -0.4 is 5.32 Å². The van der Waals surface area contributed by atoms with E-state index in [9.17, 15) is 0 Å². The van der Waals surface area contributed by atoms with Crippen LogP contribution in [0.2, 0.25) is 10.0 Å². The van der Waals surface area contributed by atoms with Crippen LogP contribution in [0, 0.1) is 6.92 Å². The number of hydrogen-bond donors (Lipinski definition) is 1. The van der Waals surface area contributed by atoms with Gasteiger partial charge in [0.25, 0.3) is 0 Å². The number of aryl methyl sites for hydroxylation is 1. The highest BCUT2D eigenvalue weighted by atomic mass is 35.5. The SMILES string of the molecule is Cc1cc(CNC2CC2)nc(-c2ncc(Cl)cc2Cl)n1. The highest BCUT2D eigenvalue weighted by Crippen LogP contribution is 2.26. The molecule has 0 atom stereocenters. The molecule has 1 N–H and O–H groups in total. The Kier molecular flexibility index (Phi) is 3.87. The summed E-state index contributed by atoms with van der Waals surface area (Å²) in [5, 5.41) is 4.40. The van der Waals surface area contributed by atoms with Crippen molar-refractivity contribution in [3.8, 4) is 11.5 Å². The maximum atomic E-state index is 6.16. The molecule has 0 bridgehead atoms. The van der Waals surface area contributed by atoms with Crippen molar-refractivity contribution in [1.82, 2.24) is 20.3 Å². The van der Waals surface area contributed by atoms with Crippen LogP contribution in [0.3, 0.4) is 0 Å². The van der Waals surface area contributed by atoms with Crippen LogP contribution in [0.15, 0.2) is 18.3 Å². The summed E-state index contributed by atoms with van der Waals surface area (Å²) < 4.78 is 0. The van der Waals surface area contributed by atoms with Gasteiger partial charge in [-0.1, -0.05) is 23.2 Å². The van der Waals surface area contributed by atoms with Gasteiger partial charge < -0.3 is 5.32 Å². The average molecular weight is 309 g/mol. The van der Waals surface area contributed by atoms with Crippen molar-refractivity contribution >= 4 is 23.2 Å². The predicted molar refractivity (Wildman–Crippen MR) is 79.9 cm³/mol. The highest BCUT2D eigenvalue weighted by Gasteiger charge is 2.20. The first kappa shape index (κ1) is 13.7. The van der Waals surface area contributed by atoms with Gasteiger partial charge in [-0.05, 0) is 31.9 Å². The molecule has 6 heteroatoms. The second-order valence-electron chi connectivity index (χ2n) is 4.96. The summed E-state index contributed by atoms with van der Waals surface area (Å²) in [6, 6.07) is 4.27. The molecule has 1 fully saturated rings. The molecule has 2 aromatic rings. The van der Waals surface area contributed by atoms with Gasteiger partial charge in [-0.2, -0.15) is 0 Å². The number of halogens is 2. The quantitative estimate of drug-likeness (QED) is 0.940. The summed E-state index contributed by atoms with van der Waals surface area (Å²) in [6.45, 7) is 2.68. The number of hydrogen-bond acceptors (Lipinski definition) is 4. The van der Waals surface area contributed by atoms with E-state index >= 15 is 0 Å². The molecule has 2 heterocycles. The van der Waals surface area contributed by atoms with Crippen LogP contribution in [0.5, 0.6) is 0 Å². The number of nitrogens with one attached hydrogen (secondary N) is 1.